The lowest BCUT2D eigenvalue weighted by Crippen LogP contribution is -2.60. The number of aliphatic carboxylic acids is 1. The van der Waals surface area contributed by atoms with Crippen LogP contribution in [-0.2, 0) is 16.6 Å². The number of hydrogen-bond donors (Lipinski definition) is 1. The maximum absolute atomic E-state index is 11.9. The number of methoxy groups -OCH3 is 1. The highest BCUT2D eigenvalue weighted by molar-refractivity contribution is 5.73. The molecule has 5 nitrogen and oxygen atoms in total. The van der Waals surface area contributed by atoms with Crippen molar-refractivity contribution in [3.63, 3.8) is 0 Å². The van der Waals surface area contributed by atoms with Gasteiger partial charge in [0.15, 0.2) is 0 Å². The SMILES string of the molecule is COc1ccc2c(c1)[C@@]1(CCN(C)C(C(=O)O)C(C)C)CCN(CC3CC3)[C@@H](C2)[C@H]1C. The van der Waals surface area contributed by atoms with Crippen molar-refractivity contribution in [2.45, 2.75) is 70.4 Å². The number of likely N-dealkylation sites (N-methyl/N-ethyl adjacent to an activating group) is 1. The van der Waals surface area contributed by atoms with Crippen molar-refractivity contribution in [3.05, 3.63) is 29.3 Å². The van der Waals surface area contributed by atoms with Crippen LogP contribution in [0.5, 0.6) is 5.75 Å². The van der Waals surface area contributed by atoms with Crippen LogP contribution in [0.1, 0.15) is 57.6 Å². The molecule has 2 aliphatic carbocycles. The van der Waals surface area contributed by atoms with E-state index in [9.17, 15) is 9.90 Å². The van der Waals surface area contributed by atoms with Crippen LogP contribution in [-0.4, -0.2) is 66.8 Å². The van der Waals surface area contributed by atoms with Crippen molar-refractivity contribution in [1.29, 1.82) is 0 Å². The first-order valence-corrected chi connectivity index (χ1v) is 12.1. The van der Waals surface area contributed by atoms with Gasteiger partial charge in [0.1, 0.15) is 11.8 Å². The van der Waals surface area contributed by atoms with Gasteiger partial charge in [-0.25, -0.2) is 0 Å². The Bertz CT molecular complexity index is 806. The summed E-state index contributed by atoms with van der Waals surface area (Å²) in [5.41, 5.74) is 3.00. The fourth-order valence-corrected chi connectivity index (χ4v) is 6.50. The van der Waals surface area contributed by atoms with Crippen molar-refractivity contribution >= 4 is 5.97 Å². The molecule has 0 aromatic heterocycles. The maximum atomic E-state index is 11.9. The van der Waals surface area contributed by atoms with E-state index in [1.807, 2.05) is 20.9 Å². The van der Waals surface area contributed by atoms with Crippen LogP contribution < -0.4 is 4.74 Å². The van der Waals surface area contributed by atoms with Crippen molar-refractivity contribution < 1.29 is 14.6 Å². The van der Waals surface area contributed by atoms with E-state index in [1.54, 1.807) is 7.11 Å². The van der Waals surface area contributed by atoms with Gasteiger partial charge in [0.2, 0.25) is 0 Å². The quantitative estimate of drug-likeness (QED) is 0.643. The van der Waals surface area contributed by atoms with E-state index in [-0.39, 0.29) is 11.3 Å². The van der Waals surface area contributed by atoms with Crippen LogP contribution in [0.25, 0.3) is 0 Å². The number of carboxylic acid groups (broad SMARTS) is 1. The van der Waals surface area contributed by atoms with E-state index >= 15 is 0 Å². The number of likely N-dealkylation sites (tertiary alicyclic amines) is 1. The highest BCUT2D eigenvalue weighted by atomic mass is 16.5. The molecule has 2 fully saturated rings. The molecule has 4 atom stereocenters. The molecule has 1 heterocycles. The summed E-state index contributed by atoms with van der Waals surface area (Å²) in [6.45, 7) is 9.66. The van der Waals surface area contributed by atoms with Crippen molar-refractivity contribution in [2.75, 3.05) is 33.8 Å². The molecule has 1 aromatic carbocycles. The van der Waals surface area contributed by atoms with Gasteiger partial charge in [-0.3, -0.25) is 14.6 Å². The molecule has 0 amide bonds. The summed E-state index contributed by atoms with van der Waals surface area (Å²) >= 11 is 0. The minimum atomic E-state index is -0.717. The molecule has 172 valence electrons. The minimum Gasteiger partial charge on any atom is -0.497 e. The number of benzene rings is 1. The molecule has 1 saturated carbocycles. The van der Waals surface area contributed by atoms with E-state index in [1.165, 1.54) is 30.5 Å². The molecule has 3 aliphatic rings. The van der Waals surface area contributed by atoms with Gasteiger partial charge in [0, 0.05) is 18.0 Å². The second-order valence-corrected chi connectivity index (χ2v) is 10.7. The van der Waals surface area contributed by atoms with Gasteiger partial charge in [0.25, 0.3) is 0 Å². The molecule has 0 spiro atoms. The zero-order valence-corrected chi connectivity index (χ0v) is 19.9. The third-order valence-electron chi connectivity index (χ3n) is 8.51. The first kappa shape index (κ1) is 22.6. The highest BCUT2D eigenvalue weighted by Crippen LogP contribution is 2.52. The van der Waals surface area contributed by atoms with Gasteiger partial charge in [-0.2, -0.15) is 0 Å². The normalized spacial score (nSPS) is 29.1. The summed E-state index contributed by atoms with van der Waals surface area (Å²) < 4.78 is 5.61. The monoisotopic (exact) mass is 428 g/mol. The second kappa shape index (κ2) is 8.74. The number of carboxylic acids is 1. The van der Waals surface area contributed by atoms with Crippen LogP contribution in [0.4, 0.5) is 0 Å². The molecule has 1 saturated heterocycles. The Labute approximate surface area is 187 Å². The van der Waals surface area contributed by atoms with Gasteiger partial charge < -0.3 is 9.84 Å². The summed E-state index contributed by atoms with van der Waals surface area (Å²) in [5, 5.41) is 9.76. The largest absolute Gasteiger partial charge is 0.497 e. The molecule has 31 heavy (non-hydrogen) atoms. The van der Waals surface area contributed by atoms with Gasteiger partial charge in [-0.05, 0) is 93.3 Å². The van der Waals surface area contributed by atoms with Crippen LogP contribution in [0.15, 0.2) is 18.2 Å². The number of fused-ring (bicyclic) bond motifs is 4. The fraction of sp³-hybridized carbons (Fsp3) is 0.731. The predicted octanol–water partition coefficient (Wildman–Crippen LogP) is 4.04. The molecular formula is C26H40N2O3. The Hall–Kier alpha value is -1.59. The second-order valence-electron chi connectivity index (χ2n) is 10.7. The Morgan fingerprint density at radius 3 is 2.71 bits per heavy atom. The van der Waals surface area contributed by atoms with Gasteiger partial charge in [0.05, 0.1) is 7.11 Å². The van der Waals surface area contributed by atoms with Gasteiger partial charge in [-0.15, -0.1) is 0 Å². The number of carbonyl (C=O) groups is 1. The van der Waals surface area contributed by atoms with Crippen molar-refractivity contribution in [3.8, 4) is 5.75 Å². The topological polar surface area (TPSA) is 53.0 Å². The number of piperidine rings is 1. The summed E-state index contributed by atoms with van der Waals surface area (Å²) in [4.78, 5) is 16.7. The molecule has 4 rings (SSSR count). The molecule has 5 heteroatoms. The lowest BCUT2D eigenvalue weighted by Gasteiger charge is -2.56. The average Bonchev–Trinajstić information content (AvgIpc) is 3.53. The molecular weight excluding hydrogens is 388 g/mol. The third-order valence-corrected chi connectivity index (χ3v) is 8.51. The lowest BCUT2D eigenvalue weighted by atomic mass is 9.56. The molecule has 1 unspecified atom stereocenters. The molecule has 1 aromatic rings. The molecule has 1 N–H and O–H groups in total. The highest BCUT2D eigenvalue weighted by Gasteiger charge is 2.51. The summed E-state index contributed by atoms with van der Waals surface area (Å²) in [5.74, 6) is 1.76. The zero-order chi connectivity index (χ0) is 22.3. The van der Waals surface area contributed by atoms with Crippen molar-refractivity contribution in [1.82, 2.24) is 9.80 Å². The van der Waals surface area contributed by atoms with Gasteiger partial charge >= 0.3 is 5.97 Å². The minimum absolute atomic E-state index is 0.0845. The first-order valence-electron chi connectivity index (χ1n) is 12.1. The Morgan fingerprint density at radius 1 is 1.35 bits per heavy atom. The Balaban J connectivity index is 1.63. The lowest BCUT2D eigenvalue weighted by molar-refractivity contribution is -0.144. The number of ether oxygens (including phenoxy) is 1. The number of nitrogens with zero attached hydrogens (tertiary/aromatic N) is 2. The van der Waals surface area contributed by atoms with Crippen molar-refractivity contribution in [2.24, 2.45) is 17.8 Å². The number of hydrogen-bond acceptors (Lipinski definition) is 4. The Kier molecular flexibility index (Phi) is 6.37. The summed E-state index contributed by atoms with van der Waals surface area (Å²) in [6.07, 6.45) is 6.05. The smallest absolute Gasteiger partial charge is 0.321 e. The number of rotatable bonds is 9. The van der Waals surface area contributed by atoms with E-state index < -0.39 is 12.0 Å². The molecule has 1 aliphatic heterocycles. The zero-order valence-electron chi connectivity index (χ0n) is 19.9. The van der Waals surface area contributed by atoms with Crippen LogP contribution in [0.3, 0.4) is 0 Å². The predicted molar refractivity (Wildman–Crippen MR) is 124 cm³/mol. The van der Waals surface area contributed by atoms with E-state index in [4.69, 9.17) is 4.74 Å². The fourth-order valence-electron chi connectivity index (χ4n) is 6.50. The standard InChI is InChI=1S/C26H40N2O3/c1-17(2)24(25(29)30)27(4)12-10-26-11-13-28(16-19-6-7-19)23(18(26)3)14-20-8-9-21(31-5)15-22(20)26/h8-9,15,17-19,23-24H,6-7,10-14,16H2,1-5H3,(H,29,30)/t18-,23+,24?,26+/m1/s1. The Morgan fingerprint density at radius 2 is 2.10 bits per heavy atom. The average molecular weight is 429 g/mol. The maximum Gasteiger partial charge on any atom is 0.321 e. The van der Waals surface area contributed by atoms with E-state index in [0.29, 0.717) is 12.0 Å². The molecule has 0 radical (unpaired) electrons. The van der Waals surface area contributed by atoms with Gasteiger partial charge in [-0.1, -0.05) is 26.8 Å². The molecule has 2 bridgehead atoms. The summed E-state index contributed by atoms with van der Waals surface area (Å²) in [7, 11) is 3.73. The van der Waals surface area contributed by atoms with Crippen LogP contribution in [0.2, 0.25) is 0 Å². The van der Waals surface area contributed by atoms with Crippen LogP contribution in [0, 0.1) is 17.8 Å². The summed E-state index contributed by atoms with van der Waals surface area (Å²) in [6, 6.07) is 6.80. The van der Waals surface area contributed by atoms with E-state index in [0.717, 1.165) is 44.0 Å². The van der Waals surface area contributed by atoms with E-state index in [2.05, 4.69) is 34.9 Å². The first-order chi connectivity index (χ1) is 14.8. The van der Waals surface area contributed by atoms with Crippen LogP contribution >= 0.6 is 0 Å². The third kappa shape index (κ3) is 4.23.